The van der Waals surface area contributed by atoms with E-state index in [0.717, 1.165) is 17.9 Å². The Kier molecular flexibility index (Phi) is 3.08. The number of aromatic nitrogens is 1. The second kappa shape index (κ2) is 4.51. The van der Waals surface area contributed by atoms with Gasteiger partial charge in [0, 0.05) is 32.8 Å². The molecule has 1 aromatic rings. The molecule has 0 aromatic carbocycles. The monoisotopic (exact) mass is 219 g/mol. The smallest absolute Gasteiger partial charge is 0.223 e. The van der Waals surface area contributed by atoms with Gasteiger partial charge in [0.05, 0.1) is 0 Å². The molecule has 0 spiro atoms. The molecule has 1 saturated heterocycles. The predicted octanol–water partition coefficient (Wildman–Crippen LogP) is 1.49. The van der Waals surface area contributed by atoms with Crippen LogP contribution in [0.15, 0.2) is 18.3 Å². The molecule has 4 heteroatoms. The highest BCUT2D eigenvalue weighted by atomic mass is 16.2. The lowest BCUT2D eigenvalue weighted by Gasteiger charge is -2.16. The minimum atomic E-state index is 0.260. The molecule has 1 N–H and O–H groups in total. The van der Waals surface area contributed by atoms with Gasteiger partial charge in [0.2, 0.25) is 5.91 Å². The predicted molar refractivity (Wildman–Crippen MR) is 63.0 cm³/mol. The van der Waals surface area contributed by atoms with Crippen LogP contribution in [0.3, 0.4) is 0 Å². The molecular formula is C12H17N3O. The summed E-state index contributed by atoms with van der Waals surface area (Å²) in [5.74, 6) is 1.59. The van der Waals surface area contributed by atoms with E-state index in [9.17, 15) is 4.79 Å². The van der Waals surface area contributed by atoms with Gasteiger partial charge in [-0.1, -0.05) is 6.92 Å². The number of carbonyl (C=O) groups excluding carboxylic acids is 1. The molecule has 0 radical (unpaired) electrons. The molecule has 1 aromatic heterocycles. The summed E-state index contributed by atoms with van der Waals surface area (Å²) in [5.41, 5.74) is 1.13. The van der Waals surface area contributed by atoms with Crippen molar-refractivity contribution in [1.82, 2.24) is 9.88 Å². The molecule has 1 aliphatic rings. The molecule has 4 nitrogen and oxygen atoms in total. The first-order valence-electron chi connectivity index (χ1n) is 5.59. The average Bonchev–Trinajstić information content (AvgIpc) is 2.58. The van der Waals surface area contributed by atoms with Gasteiger partial charge < -0.3 is 10.2 Å². The highest BCUT2D eigenvalue weighted by Gasteiger charge is 2.26. The third-order valence-electron chi connectivity index (χ3n) is 2.86. The van der Waals surface area contributed by atoms with Gasteiger partial charge in [-0.15, -0.1) is 0 Å². The summed E-state index contributed by atoms with van der Waals surface area (Å²) < 4.78 is 0. The average molecular weight is 219 g/mol. The highest BCUT2D eigenvalue weighted by Crippen LogP contribution is 2.19. The zero-order valence-corrected chi connectivity index (χ0v) is 9.73. The van der Waals surface area contributed by atoms with Crippen LogP contribution in [0.2, 0.25) is 0 Å². The van der Waals surface area contributed by atoms with E-state index < -0.39 is 0 Å². The minimum Gasteiger partial charge on any atom is -0.373 e. The summed E-state index contributed by atoms with van der Waals surface area (Å²) in [6.07, 6.45) is 2.45. The standard InChI is InChI=1S/C12H17N3O/c1-9-5-12(16)15(7-9)8-10-3-4-14-11(6-10)13-2/h3-4,6,9H,5,7-8H2,1-2H3,(H,13,14). The lowest BCUT2D eigenvalue weighted by molar-refractivity contribution is -0.128. The van der Waals surface area contributed by atoms with Gasteiger partial charge in [0.15, 0.2) is 0 Å². The number of pyridine rings is 1. The zero-order chi connectivity index (χ0) is 11.5. The summed E-state index contributed by atoms with van der Waals surface area (Å²) in [6.45, 7) is 3.68. The van der Waals surface area contributed by atoms with Crippen molar-refractivity contribution in [1.29, 1.82) is 0 Å². The molecule has 86 valence electrons. The molecule has 2 heterocycles. The van der Waals surface area contributed by atoms with Gasteiger partial charge in [-0.25, -0.2) is 4.98 Å². The molecule has 1 amide bonds. The Labute approximate surface area is 95.7 Å². The number of amides is 1. The van der Waals surface area contributed by atoms with Crippen LogP contribution in [0.5, 0.6) is 0 Å². The fraction of sp³-hybridized carbons (Fsp3) is 0.500. The third kappa shape index (κ3) is 2.32. The Balaban J connectivity index is 2.06. The molecule has 1 unspecified atom stereocenters. The number of nitrogens with zero attached hydrogens (tertiary/aromatic N) is 2. The highest BCUT2D eigenvalue weighted by molar-refractivity contribution is 5.78. The van der Waals surface area contributed by atoms with Gasteiger partial charge >= 0.3 is 0 Å². The third-order valence-corrected chi connectivity index (χ3v) is 2.86. The van der Waals surface area contributed by atoms with Crippen molar-refractivity contribution in [2.24, 2.45) is 5.92 Å². The van der Waals surface area contributed by atoms with Crippen molar-refractivity contribution >= 4 is 11.7 Å². The van der Waals surface area contributed by atoms with Crippen molar-refractivity contribution in [2.45, 2.75) is 19.9 Å². The number of carbonyl (C=O) groups is 1. The fourth-order valence-corrected chi connectivity index (χ4v) is 2.05. The SMILES string of the molecule is CNc1cc(CN2CC(C)CC2=O)ccn1. The van der Waals surface area contributed by atoms with Crippen molar-refractivity contribution in [3.8, 4) is 0 Å². The van der Waals surface area contributed by atoms with Crippen LogP contribution in [-0.2, 0) is 11.3 Å². The molecular weight excluding hydrogens is 202 g/mol. The maximum absolute atomic E-state index is 11.6. The maximum atomic E-state index is 11.6. The van der Waals surface area contributed by atoms with Gasteiger partial charge in [-0.05, 0) is 23.6 Å². The lowest BCUT2D eigenvalue weighted by Crippen LogP contribution is -2.24. The molecule has 0 saturated carbocycles. The first-order chi connectivity index (χ1) is 7.69. The minimum absolute atomic E-state index is 0.260. The van der Waals surface area contributed by atoms with Crippen molar-refractivity contribution in [3.63, 3.8) is 0 Å². The summed E-state index contributed by atoms with van der Waals surface area (Å²) in [4.78, 5) is 17.7. The number of nitrogens with one attached hydrogen (secondary N) is 1. The van der Waals surface area contributed by atoms with E-state index in [4.69, 9.17) is 0 Å². The van der Waals surface area contributed by atoms with Crippen LogP contribution in [0.25, 0.3) is 0 Å². The number of likely N-dealkylation sites (tertiary alicyclic amines) is 1. The van der Waals surface area contributed by atoms with E-state index in [1.807, 2.05) is 24.1 Å². The second-order valence-corrected chi connectivity index (χ2v) is 4.38. The van der Waals surface area contributed by atoms with Gasteiger partial charge in [0.25, 0.3) is 0 Å². The summed E-state index contributed by atoms with van der Waals surface area (Å²) in [6, 6.07) is 3.94. The first kappa shape index (κ1) is 10.9. The summed E-state index contributed by atoms with van der Waals surface area (Å²) in [7, 11) is 1.84. The number of hydrogen-bond acceptors (Lipinski definition) is 3. The number of rotatable bonds is 3. The van der Waals surface area contributed by atoms with Gasteiger partial charge in [-0.2, -0.15) is 0 Å². The van der Waals surface area contributed by atoms with Gasteiger partial charge in [0.1, 0.15) is 5.82 Å². The van der Waals surface area contributed by atoms with E-state index in [0.29, 0.717) is 18.9 Å². The van der Waals surface area contributed by atoms with Crippen molar-refractivity contribution in [2.75, 3.05) is 18.9 Å². The molecule has 2 rings (SSSR count). The molecule has 16 heavy (non-hydrogen) atoms. The van der Waals surface area contributed by atoms with Crippen LogP contribution in [0.4, 0.5) is 5.82 Å². The number of hydrogen-bond donors (Lipinski definition) is 1. The van der Waals surface area contributed by atoms with E-state index in [1.165, 1.54) is 0 Å². The van der Waals surface area contributed by atoms with E-state index in [-0.39, 0.29) is 5.91 Å². The molecule has 0 bridgehead atoms. The maximum Gasteiger partial charge on any atom is 0.223 e. The van der Waals surface area contributed by atoms with E-state index >= 15 is 0 Å². The fourth-order valence-electron chi connectivity index (χ4n) is 2.05. The van der Waals surface area contributed by atoms with Crippen molar-refractivity contribution < 1.29 is 4.79 Å². The Bertz CT molecular complexity index is 392. The molecule has 1 fully saturated rings. The van der Waals surface area contributed by atoms with Crippen LogP contribution in [-0.4, -0.2) is 29.4 Å². The quantitative estimate of drug-likeness (QED) is 0.837. The second-order valence-electron chi connectivity index (χ2n) is 4.38. The topological polar surface area (TPSA) is 45.2 Å². The Morgan fingerprint density at radius 1 is 1.62 bits per heavy atom. The van der Waals surface area contributed by atoms with E-state index in [1.54, 1.807) is 6.20 Å². The first-order valence-corrected chi connectivity index (χ1v) is 5.59. The zero-order valence-electron chi connectivity index (χ0n) is 9.73. The van der Waals surface area contributed by atoms with Crippen LogP contribution < -0.4 is 5.32 Å². The largest absolute Gasteiger partial charge is 0.373 e. The lowest BCUT2D eigenvalue weighted by atomic mass is 10.2. The Morgan fingerprint density at radius 3 is 3.06 bits per heavy atom. The van der Waals surface area contributed by atoms with Crippen LogP contribution in [0.1, 0.15) is 18.9 Å². The van der Waals surface area contributed by atoms with Crippen LogP contribution in [0, 0.1) is 5.92 Å². The molecule has 1 atom stereocenters. The number of anilines is 1. The summed E-state index contributed by atoms with van der Waals surface area (Å²) in [5, 5.41) is 3.00. The Hall–Kier alpha value is -1.58. The van der Waals surface area contributed by atoms with Gasteiger partial charge in [-0.3, -0.25) is 4.79 Å². The summed E-state index contributed by atoms with van der Waals surface area (Å²) >= 11 is 0. The normalized spacial score (nSPS) is 20.2. The Morgan fingerprint density at radius 2 is 2.44 bits per heavy atom. The van der Waals surface area contributed by atoms with Crippen molar-refractivity contribution in [3.05, 3.63) is 23.9 Å². The van der Waals surface area contributed by atoms with Crippen LogP contribution >= 0.6 is 0 Å². The molecule has 0 aliphatic carbocycles. The van der Waals surface area contributed by atoms with E-state index in [2.05, 4.69) is 17.2 Å². The molecule has 1 aliphatic heterocycles.